The molecule has 2 unspecified atom stereocenters. The summed E-state index contributed by atoms with van der Waals surface area (Å²) in [4.78, 5) is 28.6. The predicted molar refractivity (Wildman–Crippen MR) is 104 cm³/mol. The second kappa shape index (κ2) is 8.15. The van der Waals surface area contributed by atoms with Gasteiger partial charge in [-0.2, -0.15) is 0 Å². The van der Waals surface area contributed by atoms with E-state index in [2.05, 4.69) is 31.0 Å². The van der Waals surface area contributed by atoms with Crippen LogP contribution in [0, 0.1) is 23.5 Å². The minimum absolute atomic E-state index is 0.0179. The topological polar surface area (TPSA) is 52.7 Å². The molecule has 154 valence electrons. The van der Waals surface area contributed by atoms with Crippen molar-refractivity contribution in [3.63, 3.8) is 0 Å². The molecule has 0 bridgehead atoms. The Hall–Kier alpha value is -2.02. The average molecular weight is 393 g/mol. The zero-order valence-corrected chi connectivity index (χ0v) is 16.8. The number of hydrogen-bond acceptors (Lipinski definition) is 3. The molecule has 7 heteroatoms. The first-order valence-corrected chi connectivity index (χ1v) is 9.95. The Morgan fingerprint density at radius 3 is 2.71 bits per heavy atom. The Bertz CT molecular complexity index is 753. The van der Waals surface area contributed by atoms with E-state index in [4.69, 9.17) is 0 Å². The van der Waals surface area contributed by atoms with Crippen LogP contribution >= 0.6 is 0 Å². The van der Waals surface area contributed by atoms with Gasteiger partial charge in [-0.15, -0.1) is 0 Å². The largest absolute Gasteiger partial charge is 0.354 e. The monoisotopic (exact) mass is 393 g/mol. The van der Waals surface area contributed by atoms with Crippen molar-refractivity contribution >= 4 is 17.5 Å². The van der Waals surface area contributed by atoms with Gasteiger partial charge in [0.05, 0.1) is 11.6 Å². The van der Waals surface area contributed by atoms with E-state index in [1.165, 1.54) is 17.4 Å². The molecule has 0 radical (unpaired) electrons. The Labute approximate surface area is 165 Å². The van der Waals surface area contributed by atoms with Crippen LogP contribution < -0.4 is 10.2 Å². The molecule has 0 aromatic heterocycles. The smallest absolute Gasteiger partial charge is 0.227 e. The maximum absolute atomic E-state index is 14.0. The number of rotatable bonds is 5. The SMILES string of the molecule is CC1CCCN(C(C)(C)CNC(=O)C2CC(=O)N(c3ccc(F)cc3F)C2)C1. The summed E-state index contributed by atoms with van der Waals surface area (Å²) in [5, 5.41) is 2.98. The van der Waals surface area contributed by atoms with Crippen molar-refractivity contribution in [3.8, 4) is 0 Å². The number of amides is 2. The van der Waals surface area contributed by atoms with Crippen molar-refractivity contribution in [3.05, 3.63) is 29.8 Å². The number of hydrogen-bond donors (Lipinski definition) is 1. The molecule has 5 nitrogen and oxygen atoms in total. The van der Waals surface area contributed by atoms with Crippen LogP contribution in [0.15, 0.2) is 18.2 Å². The highest BCUT2D eigenvalue weighted by Gasteiger charge is 2.37. The quantitative estimate of drug-likeness (QED) is 0.837. The van der Waals surface area contributed by atoms with Crippen molar-refractivity contribution in [2.75, 3.05) is 31.1 Å². The van der Waals surface area contributed by atoms with Crippen molar-refractivity contribution < 1.29 is 18.4 Å². The molecule has 2 aliphatic heterocycles. The molecule has 0 saturated carbocycles. The highest BCUT2D eigenvalue weighted by Crippen LogP contribution is 2.28. The summed E-state index contributed by atoms with van der Waals surface area (Å²) in [5.41, 5.74) is -0.153. The number of carbonyl (C=O) groups excluding carboxylic acids is 2. The van der Waals surface area contributed by atoms with Crippen molar-refractivity contribution in [1.29, 1.82) is 0 Å². The number of nitrogens with one attached hydrogen (secondary N) is 1. The molecular weight excluding hydrogens is 364 g/mol. The summed E-state index contributed by atoms with van der Waals surface area (Å²) in [5.74, 6) is -1.90. The molecule has 0 aliphatic carbocycles. The van der Waals surface area contributed by atoms with E-state index in [-0.39, 0.29) is 36.0 Å². The van der Waals surface area contributed by atoms with Crippen molar-refractivity contribution in [2.24, 2.45) is 11.8 Å². The van der Waals surface area contributed by atoms with Gasteiger partial charge in [-0.25, -0.2) is 8.78 Å². The molecular formula is C21H29F2N3O2. The fourth-order valence-electron chi connectivity index (χ4n) is 4.11. The third-order valence-electron chi connectivity index (χ3n) is 5.90. The van der Waals surface area contributed by atoms with Gasteiger partial charge >= 0.3 is 0 Å². The normalized spacial score (nSPS) is 23.9. The van der Waals surface area contributed by atoms with Gasteiger partial charge in [0.2, 0.25) is 11.8 Å². The minimum Gasteiger partial charge on any atom is -0.354 e. The number of carbonyl (C=O) groups is 2. The van der Waals surface area contributed by atoms with Crippen LogP contribution in [0.2, 0.25) is 0 Å². The molecule has 0 spiro atoms. The van der Waals surface area contributed by atoms with Gasteiger partial charge < -0.3 is 10.2 Å². The lowest BCUT2D eigenvalue weighted by molar-refractivity contribution is -0.126. The van der Waals surface area contributed by atoms with Crippen LogP contribution in [-0.2, 0) is 9.59 Å². The first kappa shape index (κ1) is 20.7. The Kier molecular flexibility index (Phi) is 6.03. The standard InChI is InChI=1S/C21H29F2N3O2/c1-14-5-4-8-25(11-14)21(2,3)13-24-20(28)15-9-19(27)26(12-15)18-7-6-16(22)10-17(18)23/h6-7,10,14-15H,4-5,8-9,11-13H2,1-3H3,(H,24,28). The molecule has 1 N–H and O–H groups in total. The molecule has 2 fully saturated rings. The highest BCUT2D eigenvalue weighted by atomic mass is 19.1. The summed E-state index contributed by atoms with van der Waals surface area (Å²) in [6.07, 6.45) is 2.43. The number of likely N-dealkylation sites (tertiary alicyclic amines) is 1. The van der Waals surface area contributed by atoms with Gasteiger partial charge in [0.1, 0.15) is 11.6 Å². The van der Waals surface area contributed by atoms with Crippen LogP contribution in [-0.4, -0.2) is 48.4 Å². The number of piperidine rings is 1. The molecule has 2 atom stereocenters. The van der Waals surface area contributed by atoms with E-state index < -0.39 is 17.6 Å². The first-order chi connectivity index (χ1) is 13.2. The fourth-order valence-corrected chi connectivity index (χ4v) is 4.11. The zero-order chi connectivity index (χ0) is 20.5. The molecule has 2 amide bonds. The molecule has 2 aliphatic rings. The van der Waals surface area contributed by atoms with Crippen molar-refractivity contribution in [2.45, 2.75) is 45.6 Å². The summed E-state index contributed by atoms with van der Waals surface area (Å²) in [6.45, 7) is 9.11. The van der Waals surface area contributed by atoms with E-state index in [0.29, 0.717) is 12.5 Å². The van der Waals surface area contributed by atoms with Gasteiger partial charge in [0, 0.05) is 37.7 Å². The second-order valence-corrected chi connectivity index (χ2v) is 8.72. The molecule has 2 heterocycles. The van der Waals surface area contributed by atoms with Crippen LogP contribution in [0.3, 0.4) is 0 Å². The lowest BCUT2D eigenvalue weighted by Crippen LogP contribution is -2.55. The lowest BCUT2D eigenvalue weighted by Gasteiger charge is -2.43. The number of anilines is 1. The lowest BCUT2D eigenvalue weighted by atomic mass is 9.93. The first-order valence-electron chi connectivity index (χ1n) is 9.95. The van der Waals surface area contributed by atoms with E-state index in [0.717, 1.165) is 31.6 Å². The van der Waals surface area contributed by atoms with Crippen LogP contribution in [0.5, 0.6) is 0 Å². The highest BCUT2D eigenvalue weighted by molar-refractivity contribution is 6.00. The van der Waals surface area contributed by atoms with Gasteiger partial charge in [0.25, 0.3) is 0 Å². The van der Waals surface area contributed by atoms with Gasteiger partial charge in [0.15, 0.2) is 0 Å². The summed E-state index contributed by atoms with van der Waals surface area (Å²) >= 11 is 0. The number of nitrogens with zero attached hydrogens (tertiary/aromatic N) is 2. The zero-order valence-electron chi connectivity index (χ0n) is 16.8. The summed E-state index contributed by atoms with van der Waals surface area (Å²) in [7, 11) is 0. The summed E-state index contributed by atoms with van der Waals surface area (Å²) < 4.78 is 27.1. The molecule has 1 aromatic carbocycles. The van der Waals surface area contributed by atoms with Gasteiger partial charge in [-0.05, 0) is 51.3 Å². The van der Waals surface area contributed by atoms with Crippen molar-refractivity contribution in [1.82, 2.24) is 10.2 Å². The third kappa shape index (κ3) is 4.51. The fraction of sp³-hybridized carbons (Fsp3) is 0.619. The van der Waals surface area contributed by atoms with Crippen LogP contribution in [0.4, 0.5) is 14.5 Å². The third-order valence-corrected chi connectivity index (χ3v) is 5.90. The van der Waals surface area contributed by atoms with E-state index in [1.807, 2.05) is 0 Å². The predicted octanol–water partition coefficient (Wildman–Crippen LogP) is 2.94. The molecule has 28 heavy (non-hydrogen) atoms. The molecule has 1 aromatic rings. The maximum atomic E-state index is 14.0. The van der Waals surface area contributed by atoms with E-state index in [9.17, 15) is 18.4 Å². The van der Waals surface area contributed by atoms with Gasteiger partial charge in [-0.1, -0.05) is 6.92 Å². The van der Waals surface area contributed by atoms with Crippen LogP contribution in [0.25, 0.3) is 0 Å². The molecule has 3 rings (SSSR count). The minimum atomic E-state index is -0.797. The maximum Gasteiger partial charge on any atom is 0.227 e. The van der Waals surface area contributed by atoms with Gasteiger partial charge in [-0.3, -0.25) is 14.5 Å². The number of benzene rings is 1. The van der Waals surface area contributed by atoms with E-state index >= 15 is 0 Å². The van der Waals surface area contributed by atoms with Crippen LogP contribution in [0.1, 0.15) is 40.0 Å². The average Bonchev–Trinajstić information content (AvgIpc) is 3.01. The van der Waals surface area contributed by atoms with E-state index in [1.54, 1.807) is 0 Å². The number of halogens is 2. The summed E-state index contributed by atoms with van der Waals surface area (Å²) in [6, 6.07) is 3.10. The second-order valence-electron chi connectivity index (χ2n) is 8.72. The Balaban J connectivity index is 1.58. The molecule has 2 saturated heterocycles. The Morgan fingerprint density at radius 2 is 2.04 bits per heavy atom. The Morgan fingerprint density at radius 1 is 1.29 bits per heavy atom.